The molecule has 4 heterocycles. The number of pyridine rings is 1. The zero-order valence-corrected chi connectivity index (χ0v) is 21.0. The zero-order valence-electron chi connectivity index (χ0n) is 21.0. The van der Waals surface area contributed by atoms with Gasteiger partial charge in [0, 0.05) is 30.4 Å². The number of aryl methyl sites for hydroxylation is 1. The number of imidazole rings is 1. The third kappa shape index (κ3) is 4.67. The number of ether oxygens (including phenoxy) is 1. The maximum Gasteiger partial charge on any atom is 0.239 e. The van der Waals surface area contributed by atoms with Crippen LogP contribution in [0.15, 0.2) is 55.0 Å². The first-order chi connectivity index (χ1) is 17.5. The van der Waals surface area contributed by atoms with Gasteiger partial charge < -0.3 is 14.5 Å². The molecule has 0 atom stereocenters. The molecule has 1 aromatic carbocycles. The summed E-state index contributed by atoms with van der Waals surface area (Å²) in [6.45, 7) is 11.5. The number of likely N-dealkylation sites (tertiary alicyclic amines) is 1. The van der Waals surface area contributed by atoms with Gasteiger partial charge in [0.15, 0.2) is 5.65 Å². The first-order valence-corrected chi connectivity index (χ1v) is 12.8. The molecule has 0 bridgehead atoms. The zero-order chi connectivity index (χ0) is 24.6. The number of piperidine rings is 1. The first kappa shape index (κ1) is 23.0. The standard InChI is InChI=1S/C29H32N6O/c1-20-6-7-23(15-21(20)2)27-18-31-29-26(16-28(32-35(27)29)36-25-5-4-12-30-17-25)34(24-8-9-24)19-22-10-13-33(3)14-11-22/h1,4-7,12,15-18,22,24H,8-11,13-14,19H2,2-3H3. The molecular weight excluding hydrogens is 448 g/mol. The van der Waals surface area contributed by atoms with E-state index < -0.39 is 0 Å². The molecule has 1 aliphatic carbocycles. The Kier molecular flexibility index (Phi) is 6.09. The minimum atomic E-state index is 0.533. The Bertz CT molecular complexity index is 1360. The molecule has 7 heteroatoms. The lowest BCUT2D eigenvalue weighted by Gasteiger charge is -2.34. The largest absolute Gasteiger partial charge is 0.436 e. The predicted molar refractivity (Wildman–Crippen MR) is 141 cm³/mol. The monoisotopic (exact) mass is 480 g/mol. The van der Waals surface area contributed by atoms with Crippen molar-refractivity contribution in [2.75, 3.05) is 31.6 Å². The molecule has 4 aromatic rings. The fraction of sp³-hybridized carbons (Fsp3) is 0.379. The van der Waals surface area contributed by atoms with Crippen molar-refractivity contribution in [1.82, 2.24) is 24.5 Å². The van der Waals surface area contributed by atoms with Crippen LogP contribution in [-0.2, 0) is 0 Å². The van der Waals surface area contributed by atoms with Gasteiger partial charge >= 0.3 is 0 Å². The number of fused-ring (bicyclic) bond motifs is 1. The lowest BCUT2D eigenvalue weighted by molar-refractivity contribution is 0.221. The van der Waals surface area contributed by atoms with E-state index in [0.717, 1.165) is 53.4 Å². The van der Waals surface area contributed by atoms with E-state index in [1.165, 1.54) is 25.7 Å². The highest BCUT2D eigenvalue weighted by Gasteiger charge is 2.34. The minimum Gasteiger partial charge on any atom is -0.436 e. The average molecular weight is 481 g/mol. The van der Waals surface area contributed by atoms with Gasteiger partial charge in [-0.1, -0.05) is 12.1 Å². The van der Waals surface area contributed by atoms with Crippen LogP contribution < -0.4 is 9.64 Å². The number of anilines is 1. The average Bonchev–Trinajstić information content (AvgIpc) is 3.64. The number of aromatic nitrogens is 4. The number of hydrogen-bond acceptors (Lipinski definition) is 6. The maximum atomic E-state index is 6.21. The summed E-state index contributed by atoms with van der Waals surface area (Å²) in [5, 5.41) is 4.88. The lowest BCUT2D eigenvalue weighted by Crippen LogP contribution is -2.38. The van der Waals surface area contributed by atoms with Crippen LogP contribution in [0, 0.1) is 19.8 Å². The number of rotatable bonds is 7. The highest BCUT2D eigenvalue weighted by molar-refractivity contribution is 5.75. The Hall–Kier alpha value is -3.45. The van der Waals surface area contributed by atoms with Gasteiger partial charge in [-0.05, 0) is 94.9 Å². The van der Waals surface area contributed by atoms with Crippen LogP contribution in [-0.4, -0.2) is 57.2 Å². The summed E-state index contributed by atoms with van der Waals surface area (Å²) in [5.74, 6) is 1.87. The summed E-state index contributed by atoms with van der Waals surface area (Å²) in [7, 11) is 2.22. The Labute approximate surface area is 212 Å². The molecule has 0 spiro atoms. The SMILES string of the molecule is [CH]c1ccc(-c2cnc3c(N(CC4CCN(C)CC4)C4CC4)cc(Oc4cccnc4)nn23)cc1C. The fourth-order valence-corrected chi connectivity index (χ4v) is 5.10. The van der Waals surface area contributed by atoms with Crippen LogP contribution in [0.5, 0.6) is 11.6 Å². The maximum absolute atomic E-state index is 6.21. The van der Waals surface area contributed by atoms with Crippen molar-refractivity contribution in [3.63, 3.8) is 0 Å². The van der Waals surface area contributed by atoms with Crippen molar-refractivity contribution in [3.8, 4) is 22.9 Å². The van der Waals surface area contributed by atoms with Gasteiger partial charge in [-0.3, -0.25) is 4.98 Å². The molecule has 0 N–H and O–H groups in total. The van der Waals surface area contributed by atoms with Crippen molar-refractivity contribution in [2.24, 2.45) is 5.92 Å². The second kappa shape index (κ2) is 9.54. The molecular formula is C29H32N6O. The van der Waals surface area contributed by atoms with E-state index in [-0.39, 0.29) is 0 Å². The molecule has 0 unspecified atom stereocenters. The van der Waals surface area contributed by atoms with E-state index in [9.17, 15) is 0 Å². The summed E-state index contributed by atoms with van der Waals surface area (Å²) in [4.78, 5) is 14.1. The normalized spacial score (nSPS) is 17.0. The summed E-state index contributed by atoms with van der Waals surface area (Å²) in [5.41, 5.74) is 5.70. The molecule has 1 saturated carbocycles. The molecule has 2 aliphatic rings. The van der Waals surface area contributed by atoms with Gasteiger partial charge in [0.25, 0.3) is 0 Å². The lowest BCUT2D eigenvalue weighted by atomic mass is 9.96. The van der Waals surface area contributed by atoms with E-state index in [0.29, 0.717) is 23.6 Å². The van der Waals surface area contributed by atoms with Crippen LogP contribution >= 0.6 is 0 Å². The summed E-state index contributed by atoms with van der Waals surface area (Å²) < 4.78 is 8.14. The third-order valence-electron chi connectivity index (χ3n) is 7.44. The van der Waals surface area contributed by atoms with Crippen LogP contribution in [0.4, 0.5) is 5.69 Å². The van der Waals surface area contributed by atoms with Gasteiger partial charge in [0.05, 0.1) is 23.8 Å². The second-order valence-corrected chi connectivity index (χ2v) is 10.2. The topological polar surface area (TPSA) is 58.8 Å². The van der Waals surface area contributed by atoms with E-state index in [1.807, 2.05) is 41.9 Å². The molecule has 2 fully saturated rings. The molecule has 6 rings (SSSR count). The van der Waals surface area contributed by atoms with Crippen LogP contribution in [0.3, 0.4) is 0 Å². The van der Waals surface area contributed by atoms with Crippen LogP contribution in [0.25, 0.3) is 16.9 Å². The van der Waals surface area contributed by atoms with Gasteiger partial charge in [-0.15, -0.1) is 5.10 Å². The van der Waals surface area contributed by atoms with E-state index in [4.69, 9.17) is 21.7 Å². The number of nitrogens with zero attached hydrogens (tertiary/aromatic N) is 6. The molecule has 2 radical (unpaired) electrons. The highest BCUT2D eigenvalue weighted by Crippen LogP contribution is 2.38. The van der Waals surface area contributed by atoms with Crippen molar-refractivity contribution in [3.05, 3.63) is 73.0 Å². The summed E-state index contributed by atoms with van der Waals surface area (Å²) in [6.07, 6.45) is 10.2. The van der Waals surface area contributed by atoms with Crippen LogP contribution in [0.2, 0.25) is 0 Å². The van der Waals surface area contributed by atoms with E-state index in [2.05, 4.69) is 34.0 Å². The Balaban J connectivity index is 1.44. The smallest absolute Gasteiger partial charge is 0.239 e. The third-order valence-corrected chi connectivity index (χ3v) is 7.44. The quantitative estimate of drug-likeness (QED) is 0.360. The summed E-state index contributed by atoms with van der Waals surface area (Å²) in [6, 6.07) is 12.4. The van der Waals surface area contributed by atoms with Gasteiger partial charge in [0.2, 0.25) is 5.88 Å². The van der Waals surface area contributed by atoms with Crippen molar-refractivity contribution in [2.45, 2.75) is 38.6 Å². The first-order valence-electron chi connectivity index (χ1n) is 12.8. The fourth-order valence-electron chi connectivity index (χ4n) is 5.10. The van der Waals surface area contributed by atoms with Crippen molar-refractivity contribution >= 4 is 11.3 Å². The molecule has 3 aromatic heterocycles. The molecule has 0 amide bonds. The molecule has 1 aliphatic heterocycles. The van der Waals surface area contributed by atoms with Crippen molar-refractivity contribution in [1.29, 1.82) is 0 Å². The van der Waals surface area contributed by atoms with Gasteiger partial charge in [-0.25, -0.2) is 9.50 Å². The van der Waals surface area contributed by atoms with Gasteiger partial charge in [0.1, 0.15) is 5.75 Å². The molecule has 7 nitrogen and oxygen atoms in total. The second-order valence-electron chi connectivity index (χ2n) is 10.2. The Morgan fingerprint density at radius 1 is 1.08 bits per heavy atom. The van der Waals surface area contributed by atoms with Gasteiger partial charge in [-0.2, -0.15) is 0 Å². The minimum absolute atomic E-state index is 0.533. The highest BCUT2D eigenvalue weighted by atomic mass is 16.5. The predicted octanol–water partition coefficient (Wildman–Crippen LogP) is 5.26. The number of benzene rings is 1. The van der Waals surface area contributed by atoms with Crippen LogP contribution in [0.1, 0.15) is 36.8 Å². The molecule has 184 valence electrons. The molecule has 1 saturated heterocycles. The number of hydrogen-bond donors (Lipinski definition) is 0. The Morgan fingerprint density at radius 3 is 2.64 bits per heavy atom. The van der Waals surface area contributed by atoms with E-state index in [1.54, 1.807) is 12.4 Å². The van der Waals surface area contributed by atoms with E-state index >= 15 is 0 Å². The molecule has 36 heavy (non-hydrogen) atoms. The summed E-state index contributed by atoms with van der Waals surface area (Å²) >= 11 is 0. The Morgan fingerprint density at radius 2 is 1.92 bits per heavy atom. The van der Waals surface area contributed by atoms with Crippen molar-refractivity contribution < 1.29 is 4.74 Å².